The lowest BCUT2D eigenvalue weighted by atomic mass is 9.94. The van der Waals surface area contributed by atoms with E-state index in [0.717, 1.165) is 67.4 Å². The summed E-state index contributed by atoms with van der Waals surface area (Å²) in [6.45, 7) is 0. The summed E-state index contributed by atoms with van der Waals surface area (Å²) in [6.07, 6.45) is 0. The molecule has 0 saturated carbocycles. The molecule has 5 nitrogen and oxygen atoms in total. The molecule has 0 unspecified atom stereocenters. The second-order valence-corrected chi connectivity index (χ2v) is 8.28. The first kappa shape index (κ1) is 23.2. The van der Waals surface area contributed by atoms with Crippen molar-refractivity contribution in [3.63, 3.8) is 0 Å². The maximum atomic E-state index is 5.87. The van der Waals surface area contributed by atoms with Gasteiger partial charge in [0.1, 0.15) is 23.0 Å². The molecule has 4 aromatic carbocycles. The number of rotatable bonds is 7. The van der Waals surface area contributed by atoms with E-state index in [4.69, 9.17) is 23.9 Å². The van der Waals surface area contributed by atoms with Crippen LogP contribution < -0.4 is 18.9 Å². The highest BCUT2D eigenvalue weighted by Crippen LogP contribution is 2.43. The fraction of sp³-hybridized carbons (Fsp3) is 0.129. The van der Waals surface area contributed by atoms with Crippen LogP contribution in [0.25, 0.3) is 44.4 Å². The summed E-state index contributed by atoms with van der Waals surface area (Å²) in [7, 11) is 6.69. The third-order valence-electron chi connectivity index (χ3n) is 6.30. The van der Waals surface area contributed by atoms with E-state index >= 15 is 0 Å². The number of ether oxygens (including phenoxy) is 4. The molecule has 1 heterocycles. The Morgan fingerprint density at radius 1 is 0.472 bits per heavy atom. The van der Waals surface area contributed by atoms with Gasteiger partial charge in [0.2, 0.25) is 0 Å². The zero-order valence-corrected chi connectivity index (χ0v) is 20.7. The maximum Gasteiger partial charge on any atom is 0.131 e. The highest BCUT2D eigenvalue weighted by atomic mass is 16.5. The van der Waals surface area contributed by atoms with E-state index in [1.165, 1.54) is 0 Å². The molecule has 0 radical (unpaired) electrons. The van der Waals surface area contributed by atoms with E-state index in [2.05, 4.69) is 24.3 Å². The van der Waals surface area contributed by atoms with Gasteiger partial charge in [-0.1, -0.05) is 24.3 Å². The molecule has 0 bridgehead atoms. The van der Waals surface area contributed by atoms with Gasteiger partial charge in [0, 0.05) is 28.1 Å². The van der Waals surface area contributed by atoms with Crippen LogP contribution in [-0.2, 0) is 0 Å². The van der Waals surface area contributed by atoms with E-state index in [0.29, 0.717) is 0 Å². The summed E-state index contributed by atoms with van der Waals surface area (Å²) in [5.41, 5.74) is 5.66. The van der Waals surface area contributed by atoms with Gasteiger partial charge in [-0.15, -0.1) is 0 Å². The molecule has 180 valence electrons. The van der Waals surface area contributed by atoms with Crippen molar-refractivity contribution in [1.29, 1.82) is 0 Å². The molecule has 0 fully saturated rings. The van der Waals surface area contributed by atoms with E-state index in [1.807, 2.05) is 66.7 Å². The van der Waals surface area contributed by atoms with Crippen molar-refractivity contribution in [2.45, 2.75) is 0 Å². The largest absolute Gasteiger partial charge is 0.497 e. The lowest BCUT2D eigenvalue weighted by Gasteiger charge is -2.17. The second-order valence-electron chi connectivity index (χ2n) is 8.28. The first-order chi connectivity index (χ1) is 17.6. The Balaban J connectivity index is 1.78. The van der Waals surface area contributed by atoms with Crippen LogP contribution >= 0.6 is 0 Å². The van der Waals surface area contributed by atoms with Crippen LogP contribution in [0.1, 0.15) is 0 Å². The number of nitrogens with zero attached hydrogens (tertiary/aromatic N) is 1. The standard InChI is InChI=1S/C31H27NO4/c1-33-23-13-9-20(10-14-23)27-17-22(18-28(32-27)21-11-15-24(34-2)16-12-21)31-26-8-6-5-7-25(26)29(35-3)19-30(31)36-4/h5-19H,1-4H3. The van der Waals surface area contributed by atoms with Crippen LogP contribution in [0.5, 0.6) is 23.0 Å². The minimum absolute atomic E-state index is 0.734. The van der Waals surface area contributed by atoms with E-state index < -0.39 is 0 Å². The summed E-state index contributed by atoms with van der Waals surface area (Å²) in [5.74, 6) is 3.10. The molecule has 1 aromatic heterocycles. The van der Waals surface area contributed by atoms with Crippen molar-refractivity contribution < 1.29 is 18.9 Å². The molecule has 0 aliphatic carbocycles. The normalized spacial score (nSPS) is 10.8. The lowest BCUT2D eigenvalue weighted by molar-refractivity contribution is 0.399. The number of fused-ring (bicyclic) bond motifs is 1. The molecule has 0 aliphatic heterocycles. The summed E-state index contributed by atoms with van der Waals surface area (Å²) in [4.78, 5) is 5.03. The van der Waals surface area contributed by atoms with Gasteiger partial charge >= 0.3 is 0 Å². The monoisotopic (exact) mass is 477 g/mol. The predicted octanol–water partition coefficient (Wildman–Crippen LogP) is 7.27. The van der Waals surface area contributed by atoms with Crippen molar-refractivity contribution >= 4 is 10.8 Å². The zero-order chi connectivity index (χ0) is 25.1. The lowest BCUT2D eigenvalue weighted by Crippen LogP contribution is -1.96. The Morgan fingerprint density at radius 2 is 0.972 bits per heavy atom. The molecular formula is C31H27NO4. The van der Waals surface area contributed by atoms with Crippen LogP contribution in [0.3, 0.4) is 0 Å². The molecule has 0 saturated heterocycles. The Labute approximate surface area is 210 Å². The number of pyridine rings is 1. The molecule has 5 rings (SSSR count). The van der Waals surface area contributed by atoms with Crippen LogP contribution in [-0.4, -0.2) is 33.4 Å². The maximum absolute atomic E-state index is 5.87. The van der Waals surface area contributed by atoms with Gasteiger partial charge < -0.3 is 18.9 Å². The van der Waals surface area contributed by atoms with Crippen molar-refractivity contribution in [1.82, 2.24) is 4.98 Å². The van der Waals surface area contributed by atoms with Crippen LogP contribution in [0, 0.1) is 0 Å². The summed E-state index contributed by atoms with van der Waals surface area (Å²) in [6, 6.07) is 30.2. The van der Waals surface area contributed by atoms with Gasteiger partial charge in [-0.05, 0) is 71.6 Å². The molecule has 0 amide bonds. The molecule has 0 aliphatic rings. The molecule has 0 atom stereocenters. The highest BCUT2D eigenvalue weighted by molar-refractivity contribution is 6.03. The van der Waals surface area contributed by atoms with E-state index in [9.17, 15) is 0 Å². The molecule has 5 aromatic rings. The topological polar surface area (TPSA) is 49.8 Å². The second kappa shape index (κ2) is 10.0. The van der Waals surface area contributed by atoms with E-state index in [1.54, 1.807) is 28.4 Å². The smallest absolute Gasteiger partial charge is 0.131 e. The van der Waals surface area contributed by atoms with Crippen molar-refractivity contribution in [3.05, 3.63) is 91.0 Å². The Bertz CT molecular complexity index is 1440. The number of aromatic nitrogens is 1. The summed E-state index contributed by atoms with van der Waals surface area (Å²) >= 11 is 0. The van der Waals surface area contributed by atoms with Crippen LogP contribution in [0.4, 0.5) is 0 Å². The van der Waals surface area contributed by atoms with Gasteiger partial charge in [-0.3, -0.25) is 0 Å². The average Bonchev–Trinajstić information content (AvgIpc) is 2.96. The minimum atomic E-state index is 0.734. The Kier molecular flexibility index (Phi) is 6.46. The van der Waals surface area contributed by atoms with Gasteiger partial charge in [0.25, 0.3) is 0 Å². The van der Waals surface area contributed by atoms with E-state index in [-0.39, 0.29) is 0 Å². The molecular weight excluding hydrogens is 450 g/mol. The molecule has 0 spiro atoms. The summed E-state index contributed by atoms with van der Waals surface area (Å²) < 4.78 is 22.2. The summed E-state index contributed by atoms with van der Waals surface area (Å²) in [5, 5.41) is 2.06. The average molecular weight is 478 g/mol. The van der Waals surface area contributed by atoms with Gasteiger partial charge in [0.15, 0.2) is 0 Å². The van der Waals surface area contributed by atoms with Crippen molar-refractivity contribution in [2.24, 2.45) is 0 Å². The highest BCUT2D eigenvalue weighted by Gasteiger charge is 2.18. The number of benzene rings is 4. The first-order valence-corrected chi connectivity index (χ1v) is 11.6. The zero-order valence-electron chi connectivity index (χ0n) is 20.7. The Hall–Kier alpha value is -4.51. The van der Waals surface area contributed by atoms with Crippen molar-refractivity contribution in [2.75, 3.05) is 28.4 Å². The molecule has 0 N–H and O–H groups in total. The first-order valence-electron chi connectivity index (χ1n) is 11.6. The number of methoxy groups -OCH3 is 4. The van der Waals surface area contributed by atoms with Crippen molar-refractivity contribution in [3.8, 4) is 56.6 Å². The number of hydrogen-bond donors (Lipinski definition) is 0. The predicted molar refractivity (Wildman–Crippen MR) is 144 cm³/mol. The van der Waals surface area contributed by atoms with Crippen LogP contribution in [0.15, 0.2) is 91.0 Å². The number of hydrogen-bond acceptors (Lipinski definition) is 5. The third-order valence-corrected chi connectivity index (χ3v) is 6.30. The molecule has 5 heteroatoms. The minimum Gasteiger partial charge on any atom is -0.497 e. The Morgan fingerprint density at radius 3 is 1.44 bits per heavy atom. The quantitative estimate of drug-likeness (QED) is 0.247. The van der Waals surface area contributed by atoms with Gasteiger partial charge in [0.05, 0.1) is 39.8 Å². The molecule has 36 heavy (non-hydrogen) atoms. The third kappa shape index (κ3) is 4.31. The van der Waals surface area contributed by atoms with Gasteiger partial charge in [-0.2, -0.15) is 0 Å². The fourth-order valence-corrected chi connectivity index (χ4v) is 4.44. The SMILES string of the molecule is COc1ccc(-c2cc(-c3c(OC)cc(OC)c4ccccc34)cc(-c3ccc(OC)cc3)n2)cc1. The fourth-order valence-electron chi connectivity index (χ4n) is 4.44. The van der Waals surface area contributed by atoms with Crippen LogP contribution in [0.2, 0.25) is 0 Å². The van der Waals surface area contributed by atoms with Gasteiger partial charge in [-0.25, -0.2) is 4.98 Å².